The summed E-state index contributed by atoms with van der Waals surface area (Å²) in [5, 5.41) is 0. The first-order chi connectivity index (χ1) is 9.58. The molecule has 1 heterocycles. The number of ether oxygens (including phenoxy) is 1. The van der Waals surface area contributed by atoms with Crippen molar-refractivity contribution in [2.75, 3.05) is 6.54 Å². The molecule has 21 heavy (non-hydrogen) atoms. The maximum atomic E-state index is 5.81. The Balaban J connectivity index is 0.00000220. The van der Waals surface area contributed by atoms with E-state index >= 15 is 0 Å². The zero-order chi connectivity index (χ0) is 14.5. The summed E-state index contributed by atoms with van der Waals surface area (Å²) in [6, 6.07) is 8.10. The summed E-state index contributed by atoms with van der Waals surface area (Å²) in [5.41, 5.74) is 9.84. The Morgan fingerprint density at radius 3 is 2.52 bits per heavy atom. The van der Waals surface area contributed by atoms with Crippen LogP contribution in [0.2, 0.25) is 0 Å². The van der Waals surface area contributed by atoms with Gasteiger partial charge in [-0.05, 0) is 45.0 Å². The third kappa shape index (κ3) is 4.99. The standard InChI is InChI=1S/C16H21N3O.ClH/c1-11-4-5-15(12(2)8-11)20-10-16-18-13(3)9-14(19-16)6-7-17;/h4-5,8-9H,6-7,10,17H2,1-3H3;1H. The minimum absolute atomic E-state index is 0. The number of hydrogen-bond acceptors (Lipinski definition) is 4. The fourth-order valence-electron chi connectivity index (χ4n) is 2.14. The Bertz CT molecular complexity index is 602. The predicted molar refractivity (Wildman–Crippen MR) is 87.0 cm³/mol. The van der Waals surface area contributed by atoms with Crippen molar-refractivity contribution in [2.45, 2.75) is 33.8 Å². The number of halogens is 1. The number of rotatable bonds is 5. The topological polar surface area (TPSA) is 61.0 Å². The minimum Gasteiger partial charge on any atom is -0.485 e. The Labute approximate surface area is 132 Å². The van der Waals surface area contributed by atoms with Gasteiger partial charge in [-0.25, -0.2) is 9.97 Å². The fraction of sp³-hybridized carbons (Fsp3) is 0.375. The first-order valence-electron chi connectivity index (χ1n) is 6.82. The molecule has 2 rings (SSSR count). The molecular formula is C16H22ClN3O. The van der Waals surface area contributed by atoms with E-state index in [4.69, 9.17) is 10.5 Å². The van der Waals surface area contributed by atoms with Crippen LogP contribution in [0.15, 0.2) is 24.3 Å². The van der Waals surface area contributed by atoms with E-state index in [0.29, 0.717) is 19.0 Å². The van der Waals surface area contributed by atoms with E-state index in [9.17, 15) is 0 Å². The second kappa shape index (κ2) is 7.96. The highest BCUT2D eigenvalue weighted by Crippen LogP contribution is 2.19. The van der Waals surface area contributed by atoms with Crippen LogP contribution in [0, 0.1) is 20.8 Å². The van der Waals surface area contributed by atoms with E-state index < -0.39 is 0 Å². The summed E-state index contributed by atoms with van der Waals surface area (Å²) in [6.45, 7) is 7.04. The highest BCUT2D eigenvalue weighted by Gasteiger charge is 2.05. The summed E-state index contributed by atoms with van der Waals surface area (Å²) in [6.07, 6.45) is 0.764. The van der Waals surface area contributed by atoms with E-state index in [-0.39, 0.29) is 12.4 Å². The fourth-order valence-corrected chi connectivity index (χ4v) is 2.14. The first kappa shape index (κ1) is 17.4. The molecule has 0 aliphatic rings. The molecule has 4 nitrogen and oxygen atoms in total. The zero-order valence-corrected chi connectivity index (χ0v) is 13.5. The van der Waals surface area contributed by atoms with Crippen molar-refractivity contribution >= 4 is 12.4 Å². The summed E-state index contributed by atoms with van der Waals surface area (Å²) >= 11 is 0. The van der Waals surface area contributed by atoms with Crippen molar-refractivity contribution in [3.63, 3.8) is 0 Å². The number of nitrogens with zero attached hydrogens (tertiary/aromatic N) is 2. The van der Waals surface area contributed by atoms with Gasteiger partial charge in [-0.15, -0.1) is 12.4 Å². The molecular weight excluding hydrogens is 286 g/mol. The van der Waals surface area contributed by atoms with Gasteiger partial charge >= 0.3 is 0 Å². The largest absolute Gasteiger partial charge is 0.485 e. The Hall–Kier alpha value is -1.65. The number of benzene rings is 1. The smallest absolute Gasteiger partial charge is 0.166 e. The average molecular weight is 308 g/mol. The molecule has 0 unspecified atom stereocenters. The lowest BCUT2D eigenvalue weighted by atomic mass is 10.1. The lowest BCUT2D eigenvalue weighted by Gasteiger charge is -2.10. The quantitative estimate of drug-likeness (QED) is 0.922. The number of hydrogen-bond donors (Lipinski definition) is 1. The van der Waals surface area contributed by atoms with Crippen molar-refractivity contribution in [1.29, 1.82) is 0 Å². The SMILES string of the molecule is Cc1ccc(OCc2nc(C)cc(CCN)n2)c(C)c1.Cl. The third-order valence-corrected chi connectivity index (χ3v) is 3.04. The van der Waals surface area contributed by atoms with E-state index in [0.717, 1.165) is 29.1 Å². The van der Waals surface area contributed by atoms with Crippen molar-refractivity contribution < 1.29 is 4.74 Å². The molecule has 0 saturated heterocycles. The van der Waals surface area contributed by atoms with Crippen LogP contribution in [0.25, 0.3) is 0 Å². The normalized spacial score (nSPS) is 10.1. The predicted octanol–water partition coefficient (Wildman–Crippen LogP) is 2.90. The molecule has 0 aliphatic heterocycles. The van der Waals surface area contributed by atoms with Gasteiger partial charge in [0.2, 0.25) is 0 Å². The molecule has 114 valence electrons. The summed E-state index contributed by atoms with van der Waals surface area (Å²) in [4.78, 5) is 8.87. The van der Waals surface area contributed by atoms with E-state index in [1.807, 2.05) is 32.0 Å². The monoisotopic (exact) mass is 307 g/mol. The lowest BCUT2D eigenvalue weighted by Crippen LogP contribution is -2.09. The van der Waals surface area contributed by atoms with Crippen LogP contribution >= 0.6 is 12.4 Å². The Morgan fingerprint density at radius 2 is 1.86 bits per heavy atom. The van der Waals surface area contributed by atoms with Crippen molar-refractivity contribution in [3.8, 4) is 5.75 Å². The van der Waals surface area contributed by atoms with Gasteiger partial charge in [-0.2, -0.15) is 0 Å². The number of aryl methyl sites for hydroxylation is 3. The van der Waals surface area contributed by atoms with Gasteiger partial charge in [0.15, 0.2) is 5.82 Å². The Kier molecular flexibility index (Phi) is 6.59. The maximum Gasteiger partial charge on any atom is 0.166 e. The molecule has 0 amide bonds. The van der Waals surface area contributed by atoms with Crippen LogP contribution in [-0.4, -0.2) is 16.5 Å². The molecule has 5 heteroatoms. The first-order valence-corrected chi connectivity index (χ1v) is 6.82. The third-order valence-electron chi connectivity index (χ3n) is 3.04. The molecule has 0 bridgehead atoms. The highest BCUT2D eigenvalue weighted by atomic mass is 35.5. The Morgan fingerprint density at radius 1 is 1.10 bits per heavy atom. The molecule has 2 aromatic rings. The van der Waals surface area contributed by atoms with Gasteiger partial charge in [0, 0.05) is 17.8 Å². The molecule has 0 atom stereocenters. The second-order valence-corrected chi connectivity index (χ2v) is 5.01. The van der Waals surface area contributed by atoms with Gasteiger partial charge in [0.25, 0.3) is 0 Å². The molecule has 2 N–H and O–H groups in total. The van der Waals surface area contributed by atoms with Crippen LogP contribution in [0.3, 0.4) is 0 Å². The van der Waals surface area contributed by atoms with Gasteiger partial charge in [0.1, 0.15) is 12.4 Å². The summed E-state index contributed by atoms with van der Waals surface area (Å²) in [5.74, 6) is 1.58. The molecule has 1 aromatic carbocycles. The molecule has 0 fully saturated rings. The van der Waals surface area contributed by atoms with Crippen LogP contribution < -0.4 is 10.5 Å². The van der Waals surface area contributed by atoms with Crippen LogP contribution in [0.5, 0.6) is 5.75 Å². The van der Waals surface area contributed by atoms with Crippen molar-refractivity contribution in [3.05, 3.63) is 52.6 Å². The summed E-state index contributed by atoms with van der Waals surface area (Å²) in [7, 11) is 0. The lowest BCUT2D eigenvalue weighted by molar-refractivity contribution is 0.293. The van der Waals surface area contributed by atoms with Crippen LogP contribution in [0.4, 0.5) is 0 Å². The van der Waals surface area contributed by atoms with Gasteiger partial charge < -0.3 is 10.5 Å². The molecule has 0 aliphatic carbocycles. The van der Waals surface area contributed by atoms with Crippen molar-refractivity contribution in [2.24, 2.45) is 5.73 Å². The van der Waals surface area contributed by atoms with Gasteiger partial charge in [0.05, 0.1) is 0 Å². The summed E-state index contributed by atoms with van der Waals surface area (Å²) < 4.78 is 5.81. The minimum atomic E-state index is 0. The number of aromatic nitrogens is 2. The molecule has 0 radical (unpaired) electrons. The average Bonchev–Trinajstić information content (AvgIpc) is 2.37. The number of nitrogens with two attached hydrogens (primary N) is 1. The van der Waals surface area contributed by atoms with E-state index in [1.54, 1.807) is 0 Å². The van der Waals surface area contributed by atoms with Gasteiger partial charge in [-0.3, -0.25) is 0 Å². The zero-order valence-electron chi connectivity index (χ0n) is 12.7. The van der Waals surface area contributed by atoms with E-state index in [2.05, 4.69) is 23.0 Å². The van der Waals surface area contributed by atoms with Crippen LogP contribution in [-0.2, 0) is 13.0 Å². The molecule has 1 aromatic heterocycles. The highest BCUT2D eigenvalue weighted by molar-refractivity contribution is 5.85. The van der Waals surface area contributed by atoms with Crippen molar-refractivity contribution in [1.82, 2.24) is 9.97 Å². The maximum absolute atomic E-state index is 5.81. The van der Waals surface area contributed by atoms with E-state index in [1.165, 1.54) is 5.56 Å². The van der Waals surface area contributed by atoms with Gasteiger partial charge in [-0.1, -0.05) is 17.7 Å². The molecule has 0 saturated carbocycles. The van der Waals surface area contributed by atoms with Crippen LogP contribution in [0.1, 0.15) is 28.3 Å². The second-order valence-electron chi connectivity index (χ2n) is 5.01. The molecule has 0 spiro atoms.